The highest BCUT2D eigenvalue weighted by molar-refractivity contribution is 5.25. The molecule has 1 aliphatic rings. The van der Waals surface area contributed by atoms with Gasteiger partial charge in [0.05, 0.1) is 0 Å². The van der Waals surface area contributed by atoms with E-state index in [9.17, 15) is 0 Å². The summed E-state index contributed by atoms with van der Waals surface area (Å²) in [6, 6.07) is 0. The minimum Gasteiger partial charge on any atom is -0.354 e. The average molecular weight is 191 g/mol. The predicted octanol–water partition coefficient (Wildman–Crippen LogP) is 2.39. The summed E-state index contributed by atoms with van der Waals surface area (Å²) in [5.41, 5.74) is 1.65. The summed E-state index contributed by atoms with van der Waals surface area (Å²) in [5, 5.41) is 3.30. The molecular formula is C11H17N3. The fraction of sp³-hybridized carbons (Fsp3) is 0.636. The molecule has 0 bridgehead atoms. The van der Waals surface area contributed by atoms with E-state index in [1.165, 1.54) is 19.3 Å². The molecule has 2 rings (SSSR count). The maximum atomic E-state index is 4.22. The molecule has 76 valence electrons. The van der Waals surface area contributed by atoms with E-state index in [-0.39, 0.29) is 0 Å². The summed E-state index contributed by atoms with van der Waals surface area (Å²) in [6.45, 7) is 5.27. The Morgan fingerprint density at radius 1 is 1.36 bits per heavy atom. The van der Waals surface area contributed by atoms with Crippen molar-refractivity contribution in [1.29, 1.82) is 0 Å². The number of nitrogens with one attached hydrogen (secondary N) is 1. The van der Waals surface area contributed by atoms with Crippen molar-refractivity contribution in [3.8, 4) is 0 Å². The Hall–Kier alpha value is -1.12. The highest BCUT2D eigenvalue weighted by atomic mass is 15.1. The molecule has 3 heteroatoms. The Bertz CT molecular complexity index is 301. The summed E-state index contributed by atoms with van der Waals surface area (Å²) in [5.74, 6) is 0.760. The van der Waals surface area contributed by atoms with Crippen LogP contribution in [0.5, 0.6) is 0 Å². The zero-order chi connectivity index (χ0) is 10.0. The van der Waals surface area contributed by atoms with Gasteiger partial charge in [-0.2, -0.15) is 0 Å². The van der Waals surface area contributed by atoms with E-state index >= 15 is 0 Å². The second-order valence-electron chi connectivity index (χ2n) is 4.29. The average Bonchev–Trinajstić information content (AvgIpc) is 2.98. The van der Waals surface area contributed by atoms with Crippen LogP contribution in [-0.4, -0.2) is 16.5 Å². The number of rotatable bonds is 4. The van der Waals surface area contributed by atoms with E-state index in [0.717, 1.165) is 18.1 Å². The van der Waals surface area contributed by atoms with Crippen LogP contribution in [0.2, 0.25) is 0 Å². The third kappa shape index (κ3) is 2.03. The molecule has 3 nitrogen and oxygen atoms in total. The molecule has 1 aromatic heterocycles. The van der Waals surface area contributed by atoms with E-state index in [1.54, 1.807) is 0 Å². The Kier molecular flexibility index (Phi) is 2.40. The van der Waals surface area contributed by atoms with E-state index < -0.39 is 0 Å². The van der Waals surface area contributed by atoms with Crippen molar-refractivity contribution >= 4 is 5.95 Å². The smallest absolute Gasteiger partial charge is 0.222 e. The zero-order valence-corrected chi connectivity index (χ0v) is 8.88. The zero-order valence-electron chi connectivity index (χ0n) is 8.88. The van der Waals surface area contributed by atoms with Crippen LogP contribution in [-0.2, 0) is 0 Å². The van der Waals surface area contributed by atoms with Gasteiger partial charge in [0.25, 0.3) is 0 Å². The molecule has 0 radical (unpaired) electrons. The molecule has 0 amide bonds. The minimum absolute atomic E-state index is 0.550. The molecule has 0 saturated heterocycles. The summed E-state index contributed by atoms with van der Waals surface area (Å²) in [6.07, 6.45) is 7.65. The van der Waals surface area contributed by atoms with Gasteiger partial charge >= 0.3 is 0 Å². The number of anilines is 1. The van der Waals surface area contributed by atoms with E-state index in [4.69, 9.17) is 0 Å². The third-order valence-corrected chi connectivity index (χ3v) is 3.11. The topological polar surface area (TPSA) is 37.8 Å². The first-order valence-electron chi connectivity index (χ1n) is 5.27. The van der Waals surface area contributed by atoms with Crippen LogP contribution in [0.3, 0.4) is 0 Å². The molecule has 1 heterocycles. The van der Waals surface area contributed by atoms with Gasteiger partial charge in [0.15, 0.2) is 0 Å². The van der Waals surface area contributed by atoms with Crippen molar-refractivity contribution in [2.75, 3.05) is 11.9 Å². The normalized spacial score (nSPS) is 17.9. The molecule has 1 aliphatic carbocycles. The lowest BCUT2D eigenvalue weighted by Gasteiger charge is -2.12. The Balaban J connectivity index is 1.89. The molecular weight excluding hydrogens is 174 g/mol. The van der Waals surface area contributed by atoms with Gasteiger partial charge < -0.3 is 5.32 Å². The van der Waals surface area contributed by atoms with Crippen molar-refractivity contribution in [3.05, 3.63) is 18.0 Å². The van der Waals surface area contributed by atoms with Gasteiger partial charge in [-0.1, -0.05) is 6.92 Å². The summed E-state index contributed by atoms with van der Waals surface area (Å²) >= 11 is 0. The van der Waals surface area contributed by atoms with Gasteiger partial charge in [0.2, 0.25) is 5.95 Å². The molecule has 1 N–H and O–H groups in total. The molecule has 1 saturated carbocycles. The van der Waals surface area contributed by atoms with Crippen molar-refractivity contribution in [3.63, 3.8) is 0 Å². The quantitative estimate of drug-likeness (QED) is 0.794. The number of nitrogens with zero attached hydrogens (tertiary/aromatic N) is 2. The number of hydrogen-bond acceptors (Lipinski definition) is 3. The maximum absolute atomic E-state index is 4.22. The minimum atomic E-state index is 0.550. The lowest BCUT2D eigenvalue weighted by molar-refractivity contribution is 0.520. The van der Waals surface area contributed by atoms with Crippen LogP contribution in [0.25, 0.3) is 0 Å². The van der Waals surface area contributed by atoms with Crippen molar-refractivity contribution in [2.24, 2.45) is 5.41 Å². The molecule has 14 heavy (non-hydrogen) atoms. The first kappa shape index (κ1) is 9.44. The SMILES string of the molecule is CCC1(CNc2ncc(C)cn2)CC1. The molecule has 1 fully saturated rings. The van der Waals surface area contributed by atoms with Crippen molar-refractivity contribution in [1.82, 2.24) is 9.97 Å². The van der Waals surface area contributed by atoms with Crippen LogP contribution in [0.15, 0.2) is 12.4 Å². The van der Waals surface area contributed by atoms with Crippen LogP contribution in [0.4, 0.5) is 5.95 Å². The lowest BCUT2D eigenvalue weighted by atomic mass is 10.0. The molecule has 0 atom stereocenters. The Morgan fingerprint density at radius 2 is 2.00 bits per heavy atom. The lowest BCUT2D eigenvalue weighted by Crippen LogP contribution is -2.15. The van der Waals surface area contributed by atoms with Crippen LogP contribution in [0, 0.1) is 12.3 Å². The Labute approximate surface area is 85.0 Å². The predicted molar refractivity (Wildman–Crippen MR) is 57.2 cm³/mol. The number of hydrogen-bond donors (Lipinski definition) is 1. The fourth-order valence-corrected chi connectivity index (χ4v) is 1.58. The monoisotopic (exact) mass is 191 g/mol. The van der Waals surface area contributed by atoms with Crippen molar-refractivity contribution < 1.29 is 0 Å². The van der Waals surface area contributed by atoms with Crippen LogP contribution in [0.1, 0.15) is 31.7 Å². The maximum Gasteiger partial charge on any atom is 0.222 e. The highest BCUT2D eigenvalue weighted by Gasteiger charge is 2.40. The van der Waals surface area contributed by atoms with Crippen LogP contribution < -0.4 is 5.32 Å². The van der Waals surface area contributed by atoms with Gasteiger partial charge in [0.1, 0.15) is 0 Å². The largest absolute Gasteiger partial charge is 0.354 e. The molecule has 0 unspecified atom stereocenters. The summed E-state index contributed by atoms with van der Waals surface area (Å²) < 4.78 is 0. The molecule has 0 aromatic carbocycles. The molecule has 0 spiro atoms. The van der Waals surface area contributed by atoms with Gasteiger partial charge in [0, 0.05) is 18.9 Å². The Morgan fingerprint density at radius 3 is 2.50 bits per heavy atom. The van der Waals surface area contributed by atoms with E-state index in [0.29, 0.717) is 5.41 Å². The molecule has 1 aromatic rings. The number of aryl methyl sites for hydroxylation is 1. The highest BCUT2D eigenvalue weighted by Crippen LogP contribution is 2.48. The van der Waals surface area contributed by atoms with Crippen LogP contribution >= 0.6 is 0 Å². The second-order valence-corrected chi connectivity index (χ2v) is 4.29. The summed E-state index contributed by atoms with van der Waals surface area (Å²) in [4.78, 5) is 8.44. The second kappa shape index (κ2) is 3.56. The van der Waals surface area contributed by atoms with E-state index in [1.807, 2.05) is 19.3 Å². The first-order valence-corrected chi connectivity index (χ1v) is 5.27. The third-order valence-electron chi connectivity index (χ3n) is 3.11. The fourth-order valence-electron chi connectivity index (χ4n) is 1.58. The van der Waals surface area contributed by atoms with Crippen molar-refractivity contribution in [2.45, 2.75) is 33.1 Å². The number of aromatic nitrogens is 2. The van der Waals surface area contributed by atoms with Gasteiger partial charge in [-0.15, -0.1) is 0 Å². The molecule has 0 aliphatic heterocycles. The van der Waals surface area contributed by atoms with Gasteiger partial charge in [-0.3, -0.25) is 0 Å². The first-order chi connectivity index (χ1) is 6.74. The van der Waals surface area contributed by atoms with E-state index in [2.05, 4.69) is 22.2 Å². The van der Waals surface area contributed by atoms with Gasteiger partial charge in [-0.05, 0) is 37.2 Å². The summed E-state index contributed by atoms with van der Waals surface area (Å²) in [7, 11) is 0. The van der Waals surface area contributed by atoms with Gasteiger partial charge in [-0.25, -0.2) is 9.97 Å². The standard InChI is InChI=1S/C11H17N3/c1-3-11(4-5-11)8-14-10-12-6-9(2)7-13-10/h6-7H,3-5,8H2,1-2H3,(H,12,13,14).